The molecule has 0 N–H and O–H groups in total. The van der Waals surface area contributed by atoms with Gasteiger partial charge >= 0.3 is 6.03 Å². The molecule has 2 heterocycles. The lowest BCUT2D eigenvalue weighted by molar-refractivity contribution is 0.206. The molecule has 0 bridgehead atoms. The molecule has 4 rings (SSSR count). The van der Waals surface area contributed by atoms with E-state index in [0.717, 1.165) is 5.56 Å². The molecule has 2 amide bonds. The molecule has 0 radical (unpaired) electrons. The lowest BCUT2D eigenvalue weighted by atomic mass is 10.1. The first-order chi connectivity index (χ1) is 13.4. The molecular weight excluding hydrogens is 400 g/mol. The molecule has 6 nitrogen and oxygen atoms in total. The number of hydrogen-bond donors (Lipinski definition) is 0. The van der Waals surface area contributed by atoms with Gasteiger partial charge in [0, 0.05) is 17.3 Å². The van der Waals surface area contributed by atoms with Crippen LogP contribution in [0.5, 0.6) is 5.75 Å². The first-order valence-electron chi connectivity index (χ1n) is 9.16. The van der Waals surface area contributed by atoms with Gasteiger partial charge in [-0.25, -0.2) is 13.2 Å². The molecule has 0 aliphatic carbocycles. The van der Waals surface area contributed by atoms with Crippen LogP contribution < -0.4 is 9.64 Å². The van der Waals surface area contributed by atoms with Crippen molar-refractivity contribution >= 4 is 33.2 Å². The van der Waals surface area contributed by atoms with Crippen LogP contribution in [0.4, 0.5) is 10.5 Å². The van der Waals surface area contributed by atoms with Crippen molar-refractivity contribution in [1.82, 2.24) is 4.90 Å². The van der Waals surface area contributed by atoms with E-state index in [0.29, 0.717) is 23.1 Å². The molecule has 2 aromatic rings. The van der Waals surface area contributed by atoms with Crippen molar-refractivity contribution in [2.45, 2.75) is 25.6 Å². The van der Waals surface area contributed by atoms with Crippen LogP contribution in [-0.2, 0) is 16.4 Å². The second-order valence-electron chi connectivity index (χ2n) is 7.01. The van der Waals surface area contributed by atoms with Gasteiger partial charge in [-0.3, -0.25) is 4.90 Å². The first kappa shape index (κ1) is 19.1. The monoisotopic (exact) mass is 420 g/mol. The van der Waals surface area contributed by atoms with Crippen molar-refractivity contribution in [1.29, 1.82) is 0 Å². The summed E-state index contributed by atoms with van der Waals surface area (Å²) in [4.78, 5) is 16.5. The zero-order chi connectivity index (χ0) is 19.9. The summed E-state index contributed by atoms with van der Waals surface area (Å²) in [5.74, 6) is 0.651. The molecule has 0 spiro atoms. The predicted octanol–water partition coefficient (Wildman–Crippen LogP) is 3.35. The van der Waals surface area contributed by atoms with Crippen LogP contribution in [0.1, 0.15) is 12.5 Å². The number of urea groups is 1. The third-order valence-corrected chi connectivity index (χ3v) is 7.27. The Morgan fingerprint density at radius 1 is 1.07 bits per heavy atom. The van der Waals surface area contributed by atoms with E-state index >= 15 is 0 Å². The predicted molar refractivity (Wildman–Crippen MR) is 109 cm³/mol. The second kappa shape index (κ2) is 7.29. The maximum absolute atomic E-state index is 13.2. The van der Waals surface area contributed by atoms with E-state index in [2.05, 4.69) is 0 Å². The van der Waals surface area contributed by atoms with Crippen LogP contribution in [0, 0.1) is 0 Å². The van der Waals surface area contributed by atoms with E-state index in [9.17, 15) is 13.2 Å². The van der Waals surface area contributed by atoms with Gasteiger partial charge in [-0.2, -0.15) is 0 Å². The van der Waals surface area contributed by atoms with Crippen molar-refractivity contribution in [3.8, 4) is 5.75 Å². The average molecular weight is 421 g/mol. The highest BCUT2D eigenvalue weighted by Crippen LogP contribution is 2.37. The minimum Gasteiger partial charge on any atom is -0.494 e. The SMILES string of the molecule is CCOc1ccc(N2C(=O)N(Cc3ccccc3Cl)C3CS(=O)(=O)CC32)cc1. The number of sulfone groups is 1. The van der Waals surface area contributed by atoms with Crippen molar-refractivity contribution in [3.05, 3.63) is 59.1 Å². The Balaban J connectivity index is 1.67. The first-order valence-corrected chi connectivity index (χ1v) is 11.4. The van der Waals surface area contributed by atoms with E-state index in [1.54, 1.807) is 40.1 Å². The molecule has 2 unspecified atom stereocenters. The summed E-state index contributed by atoms with van der Waals surface area (Å²) in [5.41, 5.74) is 1.47. The van der Waals surface area contributed by atoms with Gasteiger partial charge in [-0.15, -0.1) is 0 Å². The highest BCUT2D eigenvalue weighted by molar-refractivity contribution is 7.91. The Kier molecular flexibility index (Phi) is 4.97. The largest absolute Gasteiger partial charge is 0.494 e. The Labute approximate surface area is 169 Å². The van der Waals surface area contributed by atoms with Crippen LogP contribution in [0.25, 0.3) is 0 Å². The number of nitrogens with zero attached hydrogens (tertiary/aromatic N) is 2. The summed E-state index contributed by atoms with van der Waals surface area (Å²) in [6, 6.07) is 13.5. The van der Waals surface area contributed by atoms with Gasteiger partial charge in [0.25, 0.3) is 0 Å². The van der Waals surface area contributed by atoms with E-state index in [-0.39, 0.29) is 30.1 Å². The summed E-state index contributed by atoms with van der Waals surface area (Å²) >= 11 is 6.27. The molecule has 2 aromatic carbocycles. The van der Waals surface area contributed by atoms with E-state index in [4.69, 9.17) is 16.3 Å². The topological polar surface area (TPSA) is 66.9 Å². The normalized spacial score (nSPS) is 23.1. The molecule has 0 aromatic heterocycles. The highest BCUT2D eigenvalue weighted by Gasteiger charge is 2.53. The fourth-order valence-corrected chi connectivity index (χ4v) is 6.09. The zero-order valence-corrected chi connectivity index (χ0v) is 17.0. The molecule has 148 valence electrons. The van der Waals surface area contributed by atoms with Crippen LogP contribution in [0.2, 0.25) is 5.02 Å². The van der Waals surface area contributed by atoms with Crippen molar-refractivity contribution < 1.29 is 17.9 Å². The number of carbonyl (C=O) groups is 1. The third kappa shape index (κ3) is 3.44. The van der Waals surface area contributed by atoms with Gasteiger partial charge in [0.15, 0.2) is 9.84 Å². The van der Waals surface area contributed by atoms with Crippen LogP contribution in [0.3, 0.4) is 0 Å². The van der Waals surface area contributed by atoms with Gasteiger partial charge in [0.1, 0.15) is 5.75 Å². The van der Waals surface area contributed by atoms with Gasteiger partial charge in [0.05, 0.1) is 30.2 Å². The number of ether oxygens (including phenoxy) is 1. The van der Waals surface area contributed by atoms with Crippen molar-refractivity contribution in [3.63, 3.8) is 0 Å². The van der Waals surface area contributed by atoms with Crippen molar-refractivity contribution in [2.24, 2.45) is 0 Å². The number of anilines is 1. The molecule has 0 saturated carbocycles. The summed E-state index contributed by atoms with van der Waals surface area (Å²) in [6.07, 6.45) is 0. The fraction of sp³-hybridized carbons (Fsp3) is 0.350. The van der Waals surface area contributed by atoms with Gasteiger partial charge < -0.3 is 9.64 Å². The quantitative estimate of drug-likeness (QED) is 0.696. The number of benzene rings is 2. The summed E-state index contributed by atoms with van der Waals surface area (Å²) in [6.45, 7) is 2.73. The molecule has 8 heteroatoms. The number of fused-ring (bicyclic) bond motifs is 1. The summed E-state index contributed by atoms with van der Waals surface area (Å²) in [5, 5.41) is 0.562. The molecule has 2 aliphatic rings. The Morgan fingerprint density at radius 2 is 1.75 bits per heavy atom. The van der Waals surface area contributed by atoms with Gasteiger partial charge in [0.2, 0.25) is 0 Å². The van der Waals surface area contributed by atoms with Gasteiger partial charge in [-0.05, 0) is 42.8 Å². The molecule has 2 saturated heterocycles. The molecule has 2 fully saturated rings. The summed E-state index contributed by atoms with van der Waals surface area (Å²) < 4.78 is 30.1. The minimum absolute atomic E-state index is 0.0264. The highest BCUT2D eigenvalue weighted by atomic mass is 35.5. The number of carbonyl (C=O) groups excluding carboxylic acids is 1. The lowest BCUT2D eigenvalue weighted by Gasteiger charge is -2.23. The Morgan fingerprint density at radius 3 is 2.43 bits per heavy atom. The van der Waals surface area contributed by atoms with E-state index in [1.807, 2.05) is 25.1 Å². The number of rotatable bonds is 5. The smallest absolute Gasteiger partial charge is 0.325 e. The van der Waals surface area contributed by atoms with E-state index < -0.39 is 15.9 Å². The average Bonchev–Trinajstić information content (AvgIpc) is 3.08. The zero-order valence-electron chi connectivity index (χ0n) is 15.4. The fourth-order valence-electron chi connectivity index (χ4n) is 3.94. The maximum atomic E-state index is 13.2. The standard InChI is InChI=1S/C20H21ClN2O4S/c1-2-27-16-9-7-15(8-10-16)23-19-13-28(25,26)12-18(19)22(20(23)24)11-14-5-3-4-6-17(14)21/h3-10,18-19H,2,11-13H2,1H3. The molecule has 28 heavy (non-hydrogen) atoms. The summed E-state index contributed by atoms with van der Waals surface area (Å²) in [7, 11) is -3.22. The number of amides is 2. The third-order valence-electron chi connectivity index (χ3n) is 5.20. The lowest BCUT2D eigenvalue weighted by Crippen LogP contribution is -2.37. The second-order valence-corrected chi connectivity index (χ2v) is 9.57. The maximum Gasteiger partial charge on any atom is 0.325 e. The molecule has 2 atom stereocenters. The van der Waals surface area contributed by atoms with Crippen LogP contribution >= 0.6 is 11.6 Å². The Bertz CT molecular complexity index is 994. The van der Waals surface area contributed by atoms with Gasteiger partial charge in [-0.1, -0.05) is 29.8 Å². The molecule has 2 aliphatic heterocycles. The molecular formula is C20H21ClN2O4S. The van der Waals surface area contributed by atoms with E-state index in [1.165, 1.54) is 0 Å². The van der Waals surface area contributed by atoms with Crippen LogP contribution in [-0.4, -0.2) is 49.5 Å². The number of halogens is 1. The van der Waals surface area contributed by atoms with Crippen molar-refractivity contribution in [2.75, 3.05) is 23.0 Å². The van der Waals surface area contributed by atoms with Crippen LogP contribution in [0.15, 0.2) is 48.5 Å². The number of hydrogen-bond acceptors (Lipinski definition) is 4. The Hall–Kier alpha value is -2.25. The minimum atomic E-state index is -3.22.